The standard InChI is InChI=1S/C4H5F2O2.BrH.Zn/c1-2-8-4(7)3(5)6;;/h2H2,1H3;1H;/q-1;;. The topological polar surface area (TPSA) is 26.3 Å². The van der Waals surface area contributed by atoms with Crippen LogP contribution in [0.1, 0.15) is 6.92 Å². The molecule has 0 aliphatic rings. The first-order valence-corrected chi connectivity index (χ1v) is 2.03. The molecule has 0 unspecified atom stereocenters. The molecule has 0 bridgehead atoms. The molecule has 0 aromatic heterocycles. The van der Waals surface area contributed by atoms with E-state index in [4.69, 9.17) is 0 Å². The zero-order chi connectivity index (χ0) is 6.57. The van der Waals surface area contributed by atoms with E-state index in [1.807, 2.05) is 0 Å². The predicted octanol–water partition coefficient (Wildman–Crippen LogP) is 1.55. The van der Waals surface area contributed by atoms with E-state index in [0.29, 0.717) is 0 Å². The number of rotatable bonds is 2. The Labute approximate surface area is 80.8 Å². The van der Waals surface area contributed by atoms with E-state index in [-0.39, 0.29) is 43.1 Å². The van der Waals surface area contributed by atoms with E-state index in [0.717, 1.165) is 0 Å². The van der Waals surface area contributed by atoms with Crippen LogP contribution in [0.4, 0.5) is 8.78 Å². The summed E-state index contributed by atoms with van der Waals surface area (Å²) < 4.78 is 26.0. The van der Waals surface area contributed by atoms with Crippen LogP contribution in [0, 0.1) is 6.43 Å². The number of ether oxygens (including phenoxy) is 1. The van der Waals surface area contributed by atoms with Crippen LogP contribution in [0.5, 0.6) is 0 Å². The van der Waals surface area contributed by atoms with Crippen LogP contribution in [0.25, 0.3) is 0 Å². The summed E-state index contributed by atoms with van der Waals surface area (Å²) in [5, 5.41) is 0. The maximum atomic E-state index is 11.1. The van der Waals surface area contributed by atoms with Gasteiger partial charge in [0.15, 0.2) is 0 Å². The minimum absolute atomic E-state index is 0. The van der Waals surface area contributed by atoms with Crippen molar-refractivity contribution in [1.29, 1.82) is 0 Å². The van der Waals surface area contributed by atoms with Gasteiger partial charge in [0.25, 0.3) is 0 Å². The smallest absolute Gasteiger partial charge is 0.228 e. The molecule has 0 saturated carbocycles. The summed E-state index contributed by atoms with van der Waals surface area (Å²) >= 11 is 0. The molecule has 0 atom stereocenters. The summed E-state index contributed by atoms with van der Waals surface area (Å²) in [5.74, 6) is -1.53. The van der Waals surface area contributed by atoms with E-state index >= 15 is 0 Å². The van der Waals surface area contributed by atoms with Crippen LogP contribution >= 0.6 is 17.0 Å². The third-order valence-corrected chi connectivity index (χ3v) is 0.430. The largest absolute Gasteiger partial charge is 0.484 e. The molecule has 0 aromatic carbocycles. The molecule has 2 nitrogen and oxygen atoms in total. The van der Waals surface area contributed by atoms with Gasteiger partial charge < -0.3 is 13.5 Å². The molecule has 0 spiro atoms. The Balaban J connectivity index is -0.000000245. The molecule has 0 aliphatic carbocycles. The summed E-state index contributed by atoms with van der Waals surface area (Å²) in [6.07, 6.45) is -2.30. The fraction of sp³-hybridized carbons (Fsp3) is 0.500. The van der Waals surface area contributed by atoms with Crippen LogP contribution in [0.3, 0.4) is 0 Å². The van der Waals surface area contributed by atoms with Gasteiger partial charge in [-0.15, -0.1) is 17.0 Å². The van der Waals surface area contributed by atoms with Gasteiger partial charge in [-0.05, 0) is 6.92 Å². The van der Waals surface area contributed by atoms with Crippen molar-refractivity contribution in [2.45, 2.75) is 6.92 Å². The van der Waals surface area contributed by atoms with Crippen molar-refractivity contribution in [2.24, 2.45) is 0 Å². The Kier molecular flexibility index (Phi) is 15.6. The molecule has 6 heteroatoms. The zero-order valence-corrected chi connectivity index (χ0v) is 10.1. The van der Waals surface area contributed by atoms with Gasteiger partial charge >= 0.3 is 0 Å². The van der Waals surface area contributed by atoms with Crippen LogP contribution in [0.2, 0.25) is 0 Å². The van der Waals surface area contributed by atoms with Crippen molar-refractivity contribution < 1.29 is 37.8 Å². The molecule has 0 rings (SSSR count). The maximum Gasteiger partial charge on any atom is 0.228 e. The van der Waals surface area contributed by atoms with Gasteiger partial charge in [0.1, 0.15) is 0 Å². The normalized spacial score (nSPS) is 6.70. The van der Waals surface area contributed by atoms with Crippen molar-refractivity contribution in [1.82, 2.24) is 0 Å². The molecule has 0 aliphatic heterocycles. The van der Waals surface area contributed by atoms with Gasteiger partial charge in [-0.1, -0.05) is 0 Å². The van der Waals surface area contributed by atoms with Crippen molar-refractivity contribution in [2.75, 3.05) is 6.61 Å². The third kappa shape index (κ3) is 8.30. The average Bonchev–Trinajstić information content (AvgIpc) is 1.67. The summed E-state index contributed by atoms with van der Waals surface area (Å²) in [6, 6.07) is 0. The number of carbonyl (C=O) groups excluding carboxylic acids is 1. The molecule has 0 N–H and O–H groups in total. The SMILES string of the molecule is Br.CCOC(=O)[C-](F)F.[Zn]. The third-order valence-electron chi connectivity index (χ3n) is 0.430. The second-order valence-electron chi connectivity index (χ2n) is 0.981. The van der Waals surface area contributed by atoms with E-state index in [1.54, 1.807) is 0 Å². The van der Waals surface area contributed by atoms with Gasteiger partial charge in [-0.3, -0.25) is 4.79 Å². The van der Waals surface area contributed by atoms with E-state index in [1.165, 1.54) is 6.92 Å². The van der Waals surface area contributed by atoms with E-state index < -0.39 is 12.4 Å². The summed E-state index contributed by atoms with van der Waals surface area (Å²) in [6.45, 7) is 1.44. The maximum absolute atomic E-state index is 11.1. The van der Waals surface area contributed by atoms with Crippen LogP contribution < -0.4 is 0 Å². The fourth-order valence-corrected chi connectivity index (χ4v) is 0.186. The molecule has 0 heterocycles. The molecule has 58 valence electrons. The number of esters is 1. The predicted molar refractivity (Wildman–Crippen MR) is 32.4 cm³/mol. The van der Waals surface area contributed by atoms with Gasteiger partial charge in [0.2, 0.25) is 5.97 Å². The van der Waals surface area contributed by atoms with Crippen LogP contribution in [-0.2, 0) is 29.0 Å². The Morgan fingerprint density at radius 3 is 2.10 bits per heavy atom. The number of hydrogen-bond donors (Lipinski definition) is 0. The molecule has 10 heavy (non-hydrogen) atoms. The van der Waals surface area contributed by atoms with Crippen molar-refractivity contribution in [3.05, 3.63) is 6.43 Å². The van der Waals surface area contributed by atoms with Crippen LogP contribution in [-0.4, -0.2) is 12.6 Å². The van der Waals surface area contributed by atoms with Crippen molar-refractivity contribution in [3.8, 4) is 0 Å². The van der Waals surface area contributed by atoms with Crippen molar-refractivity contribution in [3.63, 3.8) is 0 Å². The molecular weight excluding hydrogens is 263 g/mol. The van der Waals surface area contributed by atoms with E-state index in [2.05, 4.69) is 4.74 Å². The first kappa shape index (κ1) is 16.7. The van der Waals surface area contributed by atoms with Gasteiger partial charge in [0, 0.05) is 25.9 Å². The Hall–Kier alpha value is 0.303. The minimum Gasteiger partial charge on any atom is -0.484 e. The summed E-state index contributed by atoms with van der Waals surface area (Å²) in [7, 11) is 0. The second kappa shape index (κ2) is 9.30. The first-order chi connectivity index (χ1) is 3.68. The molecular formula is C4H6BrF2O2Zn-. The molecule has 0 saturated heterocycles. The number of hydrogen-bond acceptors (Lipinski definition) is 2. The van der Waals surface area contributed by atoms with Crippen molar-refractivity contribution >= 4 is 23.0 Å². The van der Waals surface area contributed by atoms with Gasteiger partial charge in [-0.2, -0.15) is 0 Å². The summed E-state index contributed by atoms with van der Waals surface area (Å²) in [4.78, 5) is 9.73. The molecule has 0 amide bonds. The Morgan fingerprint density at radius 1 is 1.60 bits per heavy atom. The molecule has 0 radical (unpaired) electrons. The fourth-order valence-electron chi connectivity index (χ4n) is 0.186. The Morgan fingerprint density at radius 2 is 2.00 bits per heavy atom. The minimum atomic E-state index is -2.30. The zero-order valence-electron chi connectivity index (χ0n) is 5.39. The number of carbonyl (C=O) groups is 1. The monoisotopic (exact) mass is 267 g/mol. The Bertz CT molecular complexity index is 91.3. The molecule has 0 fully saturated rings. The first-order valence-electron chi connectivity index (χ1n) is 2.03. The quantitative estimate of drug-likeness (QED) is 0.432. The number of halogens is 3. The van der Waals surface area contributed by atoms with Crippen LogP contribution in [0.15, 0.2) is 0 Å². The van der Waals surface area contributed by atoms with Gasteiger partial charge in [-0.25, -0.2) is 0 Å². The summed E-state index contributed by atoms with van der Waals surface area (Å²) in [5.41, 5.74) is 0. The van der Waals surface area contributed by atoms with E-state index in [9.17, 15) is 13.6 Å². The average molecular weight is 269 g/mol. The van der Waals surface area contributed by atoms with Gasteiger partial charge in [0.05, 0.1) is 6.61 Å². The second-order valence-corrected chi connectivity index (χ2v) is 0.981. The molecule has 0 aromatic rings.